The number of benzene rings is 1. The first-order valence-corrected chi connectivity index (χ1v) is 4.69. The van der Waals surface area contributed by atoms with Crippen LogP contribution in [0.2, 0.25) is 0 Å². The third-order valence-corrected chi connectivity index (χ3v) is 2.25. The van der Waals surface area contributed by atoms with Gasteiger partial charge in [0.25, 0.3) is 0 Å². The lowest BCUT2D eigenvalue weighted by molar-refractivity contribution is -0.141. The Hall–Kier alpha value is -1.42. The van der Waals surface area contributed by atoms with E-state index in [-0.39, 0.29) is 24.1 Å². The first-order valence-electron chi connectivity index (χ1n) is 4.69. The van der Waals surface area contributed by atoms with Crippen LogP contribution in [0.1, 0.15) is 17.9 Å². The van der Waals surface area contributed by atoms with Gasteiger partial charge in [-0.05, 0) is 24.2 Å². The number of carbonyl (C=O) groups is 1. The second kappa shape index (κ2) is 5.46. The third-order valence-electron chi connectivity index (χ3n) is 2.25. The summed E-state index contributed by atoms with van der Waals surface area (Å²) in [5.41, 5.74) is 6.25. The molecule has 82 valence electrons. The number of hydrogen-bond acceptors (Lipinski definition) is 3. The average Bonchev–Trinajstić information content (AvgIpc) is 2.25. The molecule has 0 spiro atoms. The van der Waals surface area contributed by atoms with Gasteiger partial charge < -0.3 is 10.5 Å². The van der Waals surface area contributed by atoms with Crippen molar-refractivity contribution in [2.45, 2.75) is 12.3 Å². The summed E-state index contributed by atoms with van der Waals surface area (Å²) in [5.74, 6) is -0.848. The number of esters is 1. The molecule has 1 rings (SSSR count). The van der Waals surface area contributed by atoms with Crippen LogP contribution in [0.25, 0.3) is 0 Å². The van der Waals surface area contributed by atoms with Crippen LogP contribution < -0.4 is 5.73 Å². The number of halogens is 1. The lowest BCUT2D eigenvalue weighted by Gasteiger charge is -2.13. The van der Waals surface area contributed by atoms with Gasteiger partial charge in [0.1, 0.15) is 5.82 Å². The lowest BCUT2D eigenvalue weighted by atomic mass is 9.96. The van der Waals surface area contributed by atoms with Gasteiger partial charge in [0.2, 0.25) is 0 Å². The summed E-state index contributed by atoms with van der Waals surface area (Å²) < 4.78 is 17.5. The Morgan fingerprint density at radius 2 is 2.33 bits per heavy atom. The maximum Gasteiger partial charge on any atom is 0.306 e. The maximum absolute atomic E-state index is 12.9. The van der Waals surface area contributed by atoms with Crippen molar-refractivity contribution in [2.75, 3.05) is 13.7 Å². The van der Waals surface area contributed by atoms with Gasteiger partial charge in [0, 0.05) is 5.92 Å². The molecule has 1 atom stereocenters. The Bertz CT molecular complexity index is 341. The summed E-state index contributed by atoms with van der Waals surface area (Å²) in [5, 5.41) is 0. The van der Waals surface area contributed by atoms with E-state index in [9.17, 15) is 9.18 Å². The summed E-state index contributed by atoms with van der Waals surface area (Å²) in [4.78, 5) is 11.1. The van der Waals surface area contributed by atoms with Crippen molar-refractivity contribution in [3.05, 3.63) is 35.6 Å². The topological polar surface area (TPSA) is 52.3 Å². The first-order chi connectivity index (χ1) is 7.17. The molecule has 0 aromatic heterocycles. The Kier molecular flexibility index (Phi) is 4.24. The molecule has 1 aromatic carbocycles. The van der Waals surface area contributed by atoms with Crippen LogP contribution in [-0.2, 0) is 9.53 Å². The molecule has 2 N–H and O–H groups in total. The molecule has 0 saturated heterocycles. The fourth-order valence-electron chi connectivity index (χ4n) is 1.38. The highest BCUT2D eigenvalue weighted by Crippen LogP contribution is 2.19. The number of carbonyl (C=O) groups excluding carboxylic acids is 1. The zero-order valence-electron chi connectivity index (χ0n) is 8.57. The van der Waals surface area contributed by atoms with Gasteiger partial charge in [-0.25, -0.2) is 4.39 Å². The standard InChI is InChI=1S/C11H14FNO2/c1-15-11(14)6-9(7-13)8-3-2-4-10(12)5-8/h2-5,9H,6-7,13H2,1H3. The fourth-order valence-corrected chi connectivity index (χ4v) is 1.38. The van der Waals surface area contributed by atoms with Crippen molar-refractivity contribution in [3.63, 3.8) is 0 Å². The van der Waals surface area contributed by atoms with E-state index in [1.54, 1.807) is 12.1 Å². The van der Waals surface area contributed by atoms with E-state index >= 15 is 0 Å². The fraction of sp³-hybridized carbons (Fsp3) is 0.364. The van der Waals surface area contributed by atoms with Crippen molar-refractivity contribution < 1.29 is 13.9 Å². The van der Waals surface area contributed by atoms with E-state index in [1.807, 2.05) is 0 Å². The minimum atomic E-state index is -0.338. The summed E-state index contributed by atoms with van der Waals surface area (Å²) in [7, 11) is 1.32. The van der Waals surface area contributed by atoms with Crippen LogP contribution in [0.4, 0.5) is 4.39 Å². The van der Waals surface area contributed by atoms with Gasteiger partial charge in [-0.15, -0.1) is 0 Å². The van der Waals surface area contributed by atoms with E-state index in [0.717, 1.165) is 5.56 Å². The van der Waals surface area contributed by atoms with E-state index < -0.39 is 0 Å². The maximum atomic E-state index is 12.9. The van der Waals surface area contributed by atoms with Gasteiger partial charge in [0.05, 0.1) is 13.5 Å². The molecule has 0 saturated carbocycles. The molecule has 0 amide bonds. The summed E-state index contributed by atoms with van der Waals surface area (Å²) in [6.07, 6.45) is 0.177. The molecule has 0 bridgehead atoms. The molecule has 3 nitrogen and oxygen atoms in total. The normalized spacial score (nSPS) is 12.2. The largest absolute Gasteiger partial charge is 0.469 e. The van der Waals surface area contributed by atoms with Crippen LogP contribution in [0.5, 0.6) is 0 Å². The molecule has 1 aromatic rings. The molecule has 0 fully saturated rings. The number of methoxy groups -OCH3 is 1. The molecule has 4 heteroatoms. The van der Waals surface area contributed by atoms with Gasteiger partial charge in [0.15, 0.2) is 0 Å². The van der Waals surface area contributed by atoms with Crippen LogP contribution in [-0.4, -0.2) is 19.6 Å². The van der Waals surface area contributed by atoms with Crippen LogP contribution >= 0.6 is 0 Å². The first kappa shape index (κ1) is 11.7. The zero-order chi connectivity index (χ0) is 11.3. The molecule has 15 heavy (non-hydrogen) atoms. The second-order valence-electron chi connectivity index (χ2n) is 3.27. The minimum Gasteiger partial charge on any atom is -0.469 e. The average molecular weight is 211 g/mol. The lowest BCUT2D eigenvalue weighted by Crippen LogP contribution is -2.17. The highest BCUT2D eigenvalue weighted by atomic mass is 19.1. The molecule has 0 aliphatic rings. The third kappa shape index (κ3) is 3.32. The van der Waals surface area contributed by atoms with Crippen molar-refractivity contribution in [3.8, 4) is 0 Å². The van der Waals surface area contributed by atoms with Gasteiger partial charge in [-0.2, -0.15) is 0 Å². The van der Waals surface area contributed by atoms with Crippen molar-refractivity contribution >= 4 is 5.97 Å². The Labute approximate surface area is 88.0 Å². The molecule has 0 aliphatic heterocycles. The highest BCUT2D eigenvalue weighted by Gasteiger charge is 2.15. The number of hydrogen-bond donors (Lipinski definition) is 1. The van der Waals surface area contributed by atoms with E-state index in [2.05, 4.69) is 4.74 Å². The van der Waals surface area contributed by atoms with Crippen molar-refractivity contribution in [1.82, 2.24) is 0 Å². The van der Waals surface area contributed by atoms with Crippen molar-refractivity contribution in [2.24, 2.45) is 5.73 Å². The molecular weight excluding hydrogens is 197 g/mol. The summed E-state index contributed by atoms with van der Waals surface area (Å²) in [6.45, 7) is 0.290. The molecule has 0 heterocycles. The monoisotopic (exact) mass is 211 g/mol. The number of nitrogens with two attached hydrogens (primary N) is 1. The van der Waals surface area contributed by atoms with Gasteiger partial charge in [-0.1, -0.05) is 12.1 Å². The van der Waals surface area contributed by atoms with E-state index in [0.29, 0.717) is 6.54 Å². The van der Waals surface area contributed by atoms with Crippen LogP contribution in [0.3, 0.4) is 0 Å². The van der Waals surface area contributed by atoms with Gasteiger partial charge >= 0.3 is 5.97 Å². The molecule has 1 unspecified atom stereocenters. The van der Waals surface area contributed by atoms with Crippen LogP contribution in [0.15, 0.2) is 24.3 Å². The number of rotatable bonds is 4. The van der Waals surface area contributed by atoms with E-state index in [1.165, 1.54) is 19.2 Å². The minimum absolute atomic E-state index is 0.177. The Balaban J connectivity index is 2.78. The number of ether oxygens (including phenoxy) is 1. The Morgan fingerprint density at radius 3 is 2.87 bits per heavy atom. The smallest absolute Gasteiger partial charge is 0.306 e. The second-order valence-corrected chi connectivity index (χ2v) is 3.27. The summed E-state index contributed by atoms with van der Waals surface area (Å²) in [6, 6.07) is 6.10. The van der Waals surface area contributed by atoms with Gasteiger partial charge in [-0.3, -0.25) is 4.79 Å². The van der Waals surface area contributed by atoms with E-state index in [4.69, 9.17) is 5.73 Å². The SMILES string of the molecule is COC(=O)CC(CN)c1cccc(F)c1. The quantitative estimate of drug-likeness (QED) is 0.766. The zero-order valence-corrected chi connectivity index (χ0v) is 8.57. The molecular formula is C11H14FNO2. The molecule has 0 aliphatic carbocycles. The van der Waals surface area contributed by atoms with Crippen molar-refractivity contribution in [1.29, 1.82) is 0 Å². The predicted molar refractivity (Wildman–Crippen MR) is 54.8 cm³/mol. The predicted octanol–water partition coefficient (Wildman–Crippen LogP) is 1.43. The Morgan fingerprint density at radius 1 is 1.60 bits per heavy atom. The summed E-state index contributed by atoms with van der Waals surface area (Å²) >= 11 is 0. The molecule has 0 radical (unpaired) electrons. The van der Waals surface area contributed by atoms with Crippen LogP contribution in [0, 0.1) is 5.82 Å². The highest BCUT2D eigenvalue weighted by molar-refractivity contribution is 5.70.